The monoisotopic (exact) mass is 531 g/mol. The number of carbonyl (C=O) groups excluding carboxylic acids is 3. The molecule has 1 atom stereocenters. The molecule has 1 aliphatic rings. The van der Waals surface area contributed by atoms with Crippen LogP contribution < -0.4 is 5.32 Å². The Bertz CT molecular complexity index is 1290. The van der Waals surface area contributed by atoms with Crippen molar-refractivity contribution in [3.8, 4) is 0 Å². The van der Waals surface area contributed by atoms with Gasteiger partial charge in [0.05, 0.1) is 13.5 Å². The second-order valence-corrected chi connectivity index (χ2v) is 10.1. The first kappa shape index (κ1) is 28.0. The maximum absolute atomic E-state index is 12.5. The molecule has 3 aromatic rings. The van der Waals surface area contributed by atoms with Gasteiger partial charge in [-0.25, -0.2) is 4.79 Å². The molecule has 8 heteroatoms. The summed E-state index contributed by atoms with van der Waals surface area (Å²) in [5.41, 5.74) is 3.08. The molecular weight excluding hydrogens is 494 g/mol. The van der Waals surface area contributed by atoms with Crippen LogP contribution >= 0.6 is 0 Å². The molecule has 39 heavy (non-hydrogen) atoms. The van der Waals surface area contributed by atoms with Gasteiger partial charge in [-0.3, -0.25) is 9.59 Å². The largest absolute Gasteiger partial charge is 0.469 e. The second kappa shape index (κ2) is 13.6. The number of fused-ring (bicyclic) bond motifs is 1. The van der Waals surface area contributed by atoms with Gasteiger partial charge in [-0.05, 0) is 49.8 Å². The Morgan fingerprint density at radius 2 is 1.77 bits per heavy atom. The smallest absolute Gasteiger partial charge is 0.410 e. The van der Waals surface area contributed by atoms with Crippen molar-refractivity contribution in [1.82, 2.24) is 14.8 Å². The lowest BCUT2D eigenvalue weighted by Crippen LogP contribution is -2.38. The maximum Gasteiger partial charge on any atom is 0.410 e. The number of para-hydroxylation sites is 1. The van der Waals surface area contributed by atoms with Crippen LogP contribution in [0.2, 0.25) is 0 Å². The molecule has 2 heterocycles. The van der Waals surface area contributed by atoms with E-state index in [9.17, 15) is 14.4 Å². The van der Waals surface area contributed by atoms with E-state index >= 15 is 0 Å². The second-order valence-electron chi connectivity index (χ2n) is 10.1. The third-order valence-electron chi connectivity index (χ3n) is 7.18. The maximum atomic E-state index is 12.5. The fourth-order valence-electron chi connectivity index (χ4n) is 4.97. The van der Waals surface area contributed by atoms with Crippen LogP contribution in [0.25, 0.3) is 17.0 Å². The van der Waals surface area contributed by atoms with Crippen molar-refractivity contribution < 1.29 is 23.9 Å². The molecule has 0 bridgehead atoms. The van der Waals surface area contributed by atoms with Crippen LogP contribution in [0.5, 0.6) is 0 Å². The van der Waals surface area contributed by atoms with Crippen LogP contribution in [0.15, 0.2) is 66.9 Å². The standard InChI is InChI=1S/C31H37N3O5/c1-23(20-30(36)38-2)32-29(35)13-12-26-21-34(28-11-7-6-10-27(26)28)19-16-24-14-17-33(18-15-24)31(37)39-22-25-8-4-3-5-9-25/h3-13,21,23-24H,14-20,22H2,1-2H3,(H,32,35)/b13-12+. The van der Waals surface area contributed by atoms with Gasteiger partial charge in [0.15, 0.2) is 0 Å². The third kappa shape index (κ3) is 7.96. The van der Waals surface area contributed by atoms with Gasteiger partial charge in [-0.2, -0.15) is 0 Å². The van der Waals surface area contributed by atoms with Crippen LogP contribution in [0, 0.1) is 5.92 Å². The van der Waals surface area contributed by atoms with Crippen LogP contribution in [0.1, 0.15) is 43.7 Å². The Morgan fingerprint density at radius 3 is 2.51 bits per heavy atom. The summed E-state index contributed by atoms with van der Waals surface area (Å²) in [4.78, 5) is 38.1. The van der Waals surface area contributed by atoms with E-state index < -0.39 is 0 Å². The zero-order valence-corrected chi connectivity index (χ0v) is 22.7. The van der Waals surface area contributed by atoms with Gasteiger partial charge in [0.1, 0.15) is 6.61 Å². The topological polar surface area (TPSA) is 89.9 Å². The van der Waals surface area contributed by atoms with Crippen molar-refractivity contribution in [3.63, 3.8) is 0 Å². The molecule has 2 aromatic carbocycles. The van der Waals surface area contributed by atoms with Crippen molar-refractivity contribution in [2.45, 2.75) is 51.8 Å². The molecule has 0 saturated carbocycles. The normalized spacial score (nSPS) is 14.9. The number of likely N-dealkylation sites (tertiary alicyclic amines) is 1. The van der Waals surface area contributed by atoms with Crippen LogP contribution in [-0.4, -0.2) is 53.7 Å². The molecule has 0 aliphatic carbocycles. The predicted molar refractivity (Wildman–Crippen MR) is 151 cm³/mol. The zero-order valence-electron chi connectivity index (χ0n) is 22.7. The number of amides is 2. The summed E-state index contributed by atoms with van der Waals surface area (Å²) >= 11 is 0. The first-order chi connectivity index (χ1) is 18.9. The van der Waals surface area contributed by atoms with E-state index in [-0.39, 0.29) is 30.4 Å². The molecule has 0 radical (unpaired) electrons. The number of ether oxygens (including phenoxy) is 2. The van der Waals surface area contributed by atoms with Crippen molar-refractivity contribution in [3.05, 3.63) is 78.0 Å². The summed E-state index contributed by atoms with van der Waals surface area (Å²) in [6.45, 7) is 4.35. The molecule has 2 amide bonds. The minimum absolute atomic E-state index is 0.128. The van der Waals surface area contributed by atoms with E-state index in [0.717, 1.165) is 47.8 Å². The lowest BCUT2D eigenvalue weighted by atomic mass is 9.94. The van der Waals surface area contributed by atoms with Crippen molar-refractivity contribution in [1.29, 1.82) is 0 Å². The van der Waals surface area contributed by atoms with Crippen LogP contribution in [-0.2, 0) is 32.2 Å². The fourth-order valence-corrected chi connectivity index (χ4v) is 4.97. The molecule has 1 aromatic heterocycles. The number of aryl methyl sites for hydroxylation is 1. The van der Waals surface area contributed by atoms with Crippen LogP contribution in [0.4, 0.5) is 4.79 Å². The summed E-state index contributed by atoms with van der Waals surface area (Å²) in [6, 6.07) is 17.6. The number of nitrogens with one attached hydrogen (secondary N) is 1. The number of methoxy groups -OCH3 is 1. The van der Waals surface area contributed by atoms with Gasteiger partial charge in [-0.15, -0.1) is 0 Å². The zero-order chi connectivity index (χ0) is 27.6. The van der Waals surface area contributed by atoms with E-state index in [0.29, 0.717) is 25.6 Å². The molecule has 1 fully saturated rings. The van der Waals surface area contributed by atoms with E-state index in [1.54, 1.807) is 6.92 Å². The van der Waals surface area contributed by atoms with E-state index in [4.69, 9.17) is 4.74 Å². The summed E-state index contributed by atoms with van der Waals surface area (Å²) in [5.74, 6) is -0.0776. The number of benzene rings is 2. The highest BCUT2D eigenvalue weighted by Gasteiger charge is 2.24. The van der Waals surface area contributed by atoms with Crippen molar-refractivity contribution in [2.75, 3.05) is 20.2 Å². The predicted octanol–water partition coefficient (Wildman–Crippen LogP) is 5.16. The summed E-state index contributed by atoms with van der Waals surface area (Å²) < 4.78 is 12.4. The highest BCUT2D eigenvalue weighted by atomic mass is 16.6. The quantitative estimate of drug-likeness (QED) is 0.288. The molecule has 1 saturated heterocycles. The molecule has 1 N–H and O–H groups in total. The molecular formula is C31H37N3O5. The minimum Gasteiger partial charge on any atom is -0.469 e. The summed E-state index contributed by atoms with van der Waals surface area (Å²) in [5, 5.41) is 3.88. The van der Waals surface area contributed by atoms with E-state index in [2.05, 4.69) is 33.0 Å². The van der Waals surface area contributed by atoms with E-state index in [1.165, 1.54) is 13.2 Å². The minimum atomic E-state index is -0.358. The number of hydrogen-bond donors (Lipinski definition) is 1. The number of esters is 1. The van der Waals surface area contributed by atoms with Crippen molar-refractivity contribution in [2.24, 2.45) is 5.92 Å². The number of carbonyl (C=O) groups is 3. The molecule has 4 rings (SSSR count). The average molecular weight is 532 g/mol. The Hall–Kier alpha value is -4.07. The number of hydrogen-bond acceptors (Lipinski definition) is 5. The van der Waals surface area contributed by atoms with Gasteiger partial charge in [0.25, 0.3) is 0 Å². The Balaban J connectivity index is 1.28. The average Bonchev–Trinajstić information content (AvgIpc) is 3.32. The molecule has 1 aliphatic heterocycles. The number of aromatic nitrogens is 1. The number of rotatable bonds is 10. The highest BCUT2D eigenvalue weighted by Crippen LogP contribution is 2.26. The molecule has 0 spiro atoms. The lowest BCUT2D eigenvalue weighted by Gasteiger charge is -2.31. The van der Waals surface area contributed by atoms with Crippen molar-refractivity contribution >= 4 is 34.9 Å². The van der Waals surface area contributed by atoms with E-state index in [1.807, 2.05) is 53.4 Å². The van der Waals surface area contributed by atoms with Gasteiger partial charge in [0.2, 0.25) is 5.91 Å². The Morgan fingerprint density at radius 1 is 1.05 bits per heavy atom. The van der Waals surface area contributed by atoms with Gasteiger partial charge in [-0.1, -0.05) is 48.5 Å². The molecule has 1 unspecified atom stereocenters. The lowest BCUT2D eigenvalue weighted by molar-refractivity contribution is -0.141. The highest BCUT2D eigenvalue weighted by molar-refractivity contribution is 5.96. The first-order valence-electron chi connectivity index (χ1n) is 13.5. The third-order valence-corrected chi connectivity index (χ3v) is 7.18. The molecule has 206 valence electrons. The Kier molecular flexibility index (Phi) is 9.78. The van der Waals surface area contributed by atoms with Crippen LogP contribution in [0.3, 0.4) is 0 Å². The SMILES string of the molecule is COC(=O)CC(C)NC(=O)/C=C/c1cn(CCC2CCN(C(=O)OCc3ccccc3)CC2)c2ccccc12. The number of piperidine rings is 1. The Labute approximate surface area is 229 Å². The summed E-state index contributed by atoms with van der Waals surface area (Å²) in [6.07, 6.45) is 8.22. The van der Waals surface area contributed by atoms with Gasteiger partial charge < -0.3 is 24.3 Å². The molecule has 8 nitrogen and oxygen atoms in total. The summed E-state index contributed by atoms with van der Waals surface area (Å²) in [7, 11) is 1.33. The van der Waals surface area contributed by atoms with Gasteiger partial charge >= 0.3 is 12.1 Å². The number of nitrogens with zero attached hydrogens (tertiary/aromatic N) is 2. The fraction of sp³-hybridized carbons (Fsp3) is 0.387. The first-order valence-corrected chi connectivity index (χ1v) is 13.5. The van der Waals surface area contributed by atoms with Gasteiger partial charge in [0, 0.05) is 54.4 Å².